The van der Waals surface area contributed by atoms with Crippen LogP contribution in [0.2, 0.25) is 0 Å². The molecule has 0 amide bonds. The van der Waals surface area contributed by atoms with Gasteiger partial charge in [0.1, 0.15) is 5.82 Å². The van der Waals surface area contributed by atoms with E-state index in [1.54, 1.807) is 6.07 Å². The Bertz CT molecular complexity index is 309. The van der Waals surface area contributed by atoms with Crippen LogP contribution in [0.15, 0.2) is 18.2 Å². The smallest absolute Gasteiger partial charge is 0.123 e. The molecule has 0 bridgehead atoms. The normalized spacial score (nSPS) is 21.5. The fraction of sp³-hybridized carbons (Fsp3) is 0.455. The van der Waals surface area contributed by atoms with Gasteiger partial charge in [0.05, 0.1) is 0 Å². The molecule has 0 aromatic heterocycles. The van der Waals surface area contributed by atoms with Crippen LogP contribution in [0, 0.1) is 5.82 Å². The van der Waals surface area contributed by atoms with Crippen LogP contribution in [0.4, 0.5) is 10.1 Å². The second-order valence-corrected chi connectivity index (χ2v) is 3.74. The standard InChI is InChI=1S/C11H14FN/c1-8-3-2-4-9-7-10(12)5-6-11(9)13-8/h5-8,13H,2-4H2,1H3. The van der Waals surface area contributed by atoms with Crippen LogP contribution in [0.5, 0.6) is 0 Å². The molecule has 1 aliphatic rings. The summed E-state index contributed by atoms with van der Waals surface area (Å²) in [4.78, 5) is 0. The number of halogens is 1. The molecule has 1 nitrogen and oxygen atoms in total. The predicted octanol–water partition coefficient (Wildman–Crippen LogP) is 2.96. The lowest BCUT2D eigenvalue weighted by Crippen LogP contribution is -2.13. The Hall–Kier alpha value is -1.05. The first-order valence-electron chi connectivity index (χ1n) is 4.80. The number of aryl methyl sites for hydroxylation is 1. The van der Waals surface area contributed by atoms with Crippen LogP contribution in [0.3, 0.4) is 0 Å². The molecule has 0 radical (unpaired) electrons. The van der Waals surface area contributed by atoms with E-state index >= 15 is 0 Å². The summed E-state index contributed by atoms with van der Waals surface area (Å²) in [6, 6.07) is 5.50. The molecule has 1 aromatic carbocycles. The maximum absolute atomic E-state index is 12.9. The van der Waals surface area contributed by atoms with Gasteiger partial charge in [0, 0.05) is 11.7 Å². The highest BCUT2D eigenvalue weighted by molar-refractivity contribution is 5.52. The molecule has 0 spiro atoms. The van der Waals surface area contributed by atoms with Crippen molar-refractivity contribution < 1.29 is 4.39 Å². The Labute approximate surface area is 78.0 Å². The van der Waals surface area contributed by atoms with Crippen molar-refractivity contribution in [2.75, 3.05) is 5.32 Å². The van der Waals surface area contributed by atoms with Crippen molar-refractivity contribution >= 4 is 5.69 Å². The Morgan fingerprint density at radius 1 is 1.46 bits per heavy atom. The quantitative estimate of drug-likeness (QED) is 0.645. The molecule has 1 aromatic rings. The number of hydrogen-bond donors (Lipinski definition) is 1. The molecule has 2 heteroatoms. The molecule has 0 saturated heterocycles. The number of fused-ring (bicyclic) bond motifs is 1. The number of rotatable bonds is 0. The third-order valence-electron chi connectivity index (χ3n) is 2.55. The molecular formula is C11H14FN. The highest BCUT2D eigenvalue weighted by Gasteiger charge is 2.11. The van der Waals surface area contributed by atoms with Gasteiger partial charge in [-0.15, -0.1) is 0 Å². The zero-order chi connectivity index (χ0) is 9.26. The monoisotopic (exact) mass is 179 g/mol. The van der Waals surface area contributed by atoms with E-state index in [9.17, 15) is 4.39 Å². The third-order valence-corrected chi connectivity index (χ3v) is 2.55. The van der Waals surface area contributed by atoms with Gasteiger partial charge < -0.3 is 5.32 Å². The average molecular weight is 179 g/mol. The number of hydrogen-bond acceptors (Lipinski definition) is 1. The van der Waals surface area contributed by atoms with Gasteiger partial charge in [0.25, 0.3) is 0 Å². The SMILES string of the molecule is CC1CCCc2cc(F)ccc2N1. The summed E-state index contributed by atoms with van der Waals surface area (Å²) in [6.07, 6.45) is 3.30. The van der Waals surface area contributed by atoms with Crippen LogP contribution >= 0.6 is 0 Å². The highest BCUT2D eigenvalue weighted by atomic mass is 19.1. The van der Waals surface area contributed by atoms with Gasteiger partial charge >= 0.3 is 0 Å². The topological polar surface area (TPSA) is 12.0 Å². The Kier molecular flexibility index (Phi) is 2.21. The maximum Gasteiger partial charge on any atom is 0.123 e. The van der Waals surface area contributed by atoms with Crippen molar-refractivity contribution in [1.82, 2.24) is 0 Å². The van der Waals surface area contributed by atoms with E-state index < -0.39 is 0 Å². The molecule has 1 atom stereocenters. The summed E-state index contributed by atoms with van der Waals surface area (Å²) in [5.41, 5.74) is 2.22. The summed E-state index contributed by atoms with van der Waals surface area (Å²) in [5, 5.41) is 3.38. The van der Waals surface area contributed by atoms with Crippen LogP contribution in [-0.4, -0.2) is 6.04 Å². The molecule has 0 saturated carbocycles. The van der Waals surface area contributed by atoms with Crippen molar-refractivity contribution in [2.45, 2.75) is 32.2 Å². The highest BCUT2D eigenvalue weighted by Crippen LogP contribution is 2.24. The fourth-order valence-corrected chi connectivity index (χ4v) is 1.85. The molecule has 0 fully saturated rings. The van der Waals surface area contributed by atoms with Gasteiger partial charge in [-0.05, 0) is 49.9 Å². The van der Waals surface area contributed by atoms with Crippen molar-refractivity contribution in [3.8, 4) is 0 Å². The van der Waals surface area contributed by atoms with E-state index in [1.165, 1.54) is 6.07 Å². The minimum Gasteiger partial charge on any atom is -0.382 e. The first-order valence-corrected chi connectivity index (χ1v) is 4.80. The predicted molar refractivity (Wildman–Crippen MR) is 52.4 cm³/mol. The molecule has 70 valence electrons. The summed E-state index contributed by atoms with van der Waals surface area (Å²) >= 11 is 0. The molecule has 2 rings (SSSR count). The molecule has 1 unspecified atom stereocenters. The van der Waals surface area contributed by atoms with E-state index in [0.29, 0.717) is 6.04 Å². The maximum atomic E-state index is 12.9. The summed E-state index contributed by atoms with van der Waals surface area (Å²) in [5.74, 6) is -0.130. The van der Waals surface area contributed by atoms with Gasteiger partial charge in [-0.1, -0.05) is 0 Å². The zero-order valence-electron chi connectivity index (χ0n) is 7.81. The van der Waals surface area contributed by atoms with Gasteiger partial charge in [-0.3, -0.25) is 0 Å². The Morgan fingerprint density at radius 3 is 3.15 bits per heavy atom. The average Bonchev–Trinajstić information content (AvgIpc) is 2.25. The molecule has 1 N–H and O–H groups in total. The van der Waals surface area contributed by atoms with Crippen LogP contribution in [0.1, 0.15) is 25.3 Å². The van der Waals surface area contributed by atoms with Crippen LogP contribution in [-0.2, 0) is 6.42 Å². The second-order valence-electron chi connectivity index (χ2n) is 3.74. The first-order chi connectivity index (χ1) is 6.25. The largest absolute Gasteiger partial charge is 0.382 e. The Balaban J connectivity index is 2.34. The first kappa shape index (κ1) is 8.54. The molecule has 13 heavy (non-hydrogen) atoms. The number of anilines is 1. The van der Waals surface area contributed by atoms with Crippen LogP contribution < -0.4 is 5.32 Å². The van der Waals surface area contributed by atoms with Gasteiger partial charge in [0.2, 0.25) is 0 Å². The van der Waals surface area contributed by atoms with Crippen molar-refractivity contribution in [1.29, 1.82) is 0 Å². The molecule has 1 aliphatic heterocycles. The van der Waals surface area contributed by atoms with Crippen LogP contribution in [0.25, 0.3) is 0 Å². The number of nitrogens with one attached hydrogen (secondary N) is 1. The third kappa shape index (κ3) is 1.82. The fourth-order valence-electron chi connectivity index (χ4n) is 1.85. The van der Waals surface area contributed by atoms with Crippen molar-refractivity contribution in [2.24, 2.45) is 0 Å². The van der Waals surface area contributed by atoms with E-state index in [1.807, 2.05) is 6.07 Å². The second kappa shape index (κ2) is 3.36. The van der Waals surface area contributed by atoms with E-state index in [2.05, 4.69) is 12.2 Å². The number of benzene rings is 1. The lowest BCUT2D eigenvalue weighted by atomic mass is 10.1. The van der Waals surface area contributed by atoms with Gasteiger partial charge in [-0.25, -0.2) is 4.39 Å². The zero-order valence-corrected chi connectivity index (χ0v) is 7.81. The van der Waals surface area contributed by atoms with Gasteiger partial charge in [0.15, 0.2) is 0 Å². The van der Waals surface area contributed by atoms with E-state index in [0.717, 1.165) is 30.5 Å². The lowest BCUT2D eigenvalue weighted by Gasteiger charge is -2.12. The summed E-state index contributed by atoms with van der Waals surface area (Å²) in [6.45, 7) is 2.17. The minimum absolute atomic E-state index is 0.130. The molecule has 0 aliphatic carbocycles. The minimum atomic E-state index is -0.130. The van der Waals surface area contributed by atoms with E-state index in [4.69, 9.17) is 0 Å². The lowest BCUT2D eigenvalue weighted by molar-refractivity contribution is 0.624. The van der Waals surface area contributed by atoms with E-state index in [-0.39, 0.29) is 5.82 Å². The van der Waals surface area contributed by atoms with Gasteiger partial charge in [-0.2, -0.15) is 0 Å². The van der Waals surface area contributed by atoms with Crippen molar-refractivity contribution in [3.05, 3.63) is 29.6 Å². The summed E-state index contributed by atoms with van der Waals surface area (Å²) < 4.78 is 12.9. The molecule has 1 heterocycles. The Morgan fingerprint density at radius 2 is 2.31 bits per heavy atom. The summed E-state index contributed by atoms with van der Waals surface area (Å²) in [7, 11) is 0. The van der Waals surface area contributed by atoms with Crippen molar-refractivity contribution in [3.63, 3.8) is 0 Å². The molecular weight excluding hydrogens is 165 g/mol.